The summed E-state index contributed by atoms with van der Waals surface area (Å²) >= 11 is 3.45. The molecule has 2 aromatic carbocycles. The second-order valence-electron chi connectivity index (χ2n) is 8.22. The molecule has 0 spiro atoms. The van der Waals surface area contributed by atoms with E-state index in [1.807, 2.05) is 45.9 Å². The summed E-state index contributed by atoms with van der Waals surface area (Å²) in [4.78, 5) is 25.3. The van der Waals surface area contributed by atoms with E-state index in [1.165, 1.54) is 13.3 Å². The lowest BCUT2D eigenvalue weighted by molar-refractivity contribution is -0.130. The Morgan fingerprint density at radius 1 is 1.09 bits per heavy atom. The normalized spacial score (nSPS) is 11.9. The van der Waals surface area contributed by atoms with Crippen LogP contribution in [0, 0.1) is 19.8 Å². The third kappa shape index (κ3) is 7.76. The van der Waals surface area contributed by atoms with E-state index in [2.05, 4.69) is 31.8 Å². The van der Waals surface area contributed by atoms with Crippen molar-refractivity contribution in [2.75, 3.05) is 20.8 Å². The van der Waals surface area contributed by atoms with Gasteiger partial charge in [-0.25, -0.2) is 5.43 Å². The van der Waals surface area contributed by atoms with Gasteiger partial charge in [0, 0.05) is 10.0 Å². The van der Waals surface area contributed by atoms with Crippen molar-refractivity contribution < 1.29 is 23.8 Å². The number of carbonyl (C=O) groups is 2. The van der Waals surface area contributed by atoms with Gasteiger partial charge in [-0.15, -0.1) is 0 Å². The van der Waals surface area contributed by atoms with E-state index in [1.54, 1.807) is 19.2 Å². The van der Waals surface area contributed by atoms with E-state index in [-0.39, 0.29) is 18.4 Å². The first-order valence-corrected chi connectivity index (χ1v) is 11.7. The molecule has 2 N–H and O–H groups in total. The maximum Gasteiger partial charge on any atom is 0.262 e. The molecule has 0 aromatic heterocycles. The number of nitrogens with one attached hydrogen (secondary N) is 2. The number of nitrogens with zero attached hydrogens (tertiary/aromatic N) is 1. The summed E-state index contributed by atoms with van der Waals surface area (Å²) in [5.74, 6) is 1.16. The average molecular weight is 534 g/mol. The molecule has 0 heterocycles. The molecule has 0 aliphatic carbocycles. The van der Waals surface area contributed by atoms with Crippen molar-refractivity contribution in [2.24, 2.45) is 11.0 Å². The number of para-hydroxylation sites is 1. The van der Waals surface area contributed by atoms with Crippen molar-refractivity contribution in [3.05, 3.63) is 51.5 Å². The number of methoxy groups -OCH3 is 2. The van der Waals surface area contributed by atoms with Gasteiger partial charge in [-0.3, -0.25) is 9.59 Å². The molecule has 0 aliphatic heterocycles. The molecule has 2 amide bonds. The standard InChI is InChI=1S/C25H32BrN3O5/c1-15(2)10-20(28-23(30)14-34-24-16(3)8-7-9-17(24)4)25(31)29-27-13-18-11-21(32-5)22(33-6)12-19(18)26/h7-9,11-13,15,20H,10,14H2,1-6H3,(H,28,30)(H,29,31)/b27-13-/t20-/m1/s1. The lowest BCUT2D eigenvalue weighted by Crippen LogP contribution is -2.47. The van der Waals surface area contributed by atoms with Crippen molar-refractivity contribution >= 4 is 34.0 Å². The van der Waals surface area contributed by atoms with Gasteiger partial charge < -0.3 is 19.5 Å². The van der Waals surface area contributed by atoms with E-state index in [4.69, 9.17) is 14.2 Å². The highest BCUT2D eigenvalue weighted by atomic mass is 79.9. The van der Waals surface area contributed by atoms with Crippen LogP contribution in [0.15, 0.2) is 39.9 Å². The van der Waals surface area contributed by atoms with E-state index >= 15 is 0 Å². The van der Waals surface area contributed by atoms with Crippen LogP contribution in [0.4, 0.5) is 0 Å². The molecule has 0 unspecified atom stereocenters. The Labute approximate surface area is 209 Å². The van der Waals surface area contributed by atoms with Crippen molar-refractivity contribution in [3.63, 3.8) is 0 Å². The van der Waals surface area contributed by atoms with Crippen molar-refractivity contribution in [3.8, 4) is 17.2 Å². The highest BCUT2D eigenvalue weighted by Gasteiger charge is 2.22. The minimum atomic E-state index is -0.750. The summed E-state index contributed by atoms with van der Waals surface area (Å²) < 4.78 is 17.0. The molecule has 2 aromatic rings. The van der Waals surface area contributed by atoms with E-state index in [0.717, 1.165) is 15.6 Å². The highest BCUT2D eigenvalue weighted by Crippen LogP contribution is 2.32. The van der Waals surface area contributed by atoms with Crippen molar-refractivity contribution in [1.82, 2.24) is 10.7 Å². The topological polar surface area (TPSA) is 98.2 Å². The lowest BCUT2D eigenvalue weighted by atomic mass is 10.0. The maximum absolute atomic E-state index is 12.8. The minimum Gasteiger partial charge on any atom is -0.493 e. The van der Waals surface area contributed by atoms with Gasteiger partial charge in [0.05, 0.1) is 20.4 Å². The molecular weight excluding hydrogens is 502 g/mol. The van der Waals surface area contributed by atoms with Gasteiger partial charge in [-0.1, -0.05) is 32.0 Å². The van der Waals surface area contributed by atoms with Crippen molar-refractivity contribution in [2.45, 2.75) is 40.2 Å². The number of hydrogen-bond acceptors (Lipinski definition) is 6. The molecular formula is C25H32BrN3O5. The van der Waals surface area contributed by atoms with Gasteiger partial charge in [-0.05, 0) is 65.4 Å². The van der Waals surface area contributed by atoms with Crippen LogP contribution >= 0.6 is 15.9 Å². The zero-order valence-electron chi connectivity index (χ0n) is 20.4. The first-order valence-electron chi connectivity index (χ1n) is 10.9. The summed E-state index contributed by atoms with van der Waals surface area (Å²) in [6.07, 6.45) is 1.94. The Bertz CT molecular complexity index is 1020. The first kappa shape index (κ1) is 27.2. The van der Waals surface area contributed by atoms with Crippen LogP contribution in [-0.4, -0.2) is 44.9 Å². The number of rotatable bonds is 11. The molecule has 0 saturated heterocycles. The number of hydrazone groups is 1. The average Bonchev–Trinajstić information content (AvgIpc) is 2.78. The molecule has 0 fully saturated rings. The Kier molecular flexibility index (Phi) is 10.4. The molecule has 0 bridgehead atoms. The molecule has 34 heavy (non-hydrogen) atoms. The van der Waals surface area contributed by atoms with Crippen LogP contribution in [-0.2, 0) is 9.59 Å². The third-order valence-electron chi connectivity index (χ3n) is 5.00. The van der Waals surface area contributed by atoms with E-state index in [0.29, 0.717) is 29.2 Å². The Balaban J connectivity index is 2.03. The van der Waals surface area contributed by atoms with Gasteiger partial charge in [-0.2, -0.15) is 5.10 Å². The van der Waals surface area contributed by atoms with Gasteiger partial charge in [0.15, 0.2) is 18.1 Å². The molecule has 0 aliphatic rings. The monoisotopic (exact) mass is 533 g/mol. The molecule has 0 radical (unpaired) electrons. The fourth-order valence-corrected chi connectivity index (χ4v) is 3.74. The van der Waals surface area contributed by atoms with Gasteiger partial charge in [0.25, 0.3) is 11.8 Å². The Morgan fingerprint density at radius 2 is 1.71 bits per heavy atom. The van der Waals surface area contributed by atoms with Gasteiger partial charge >= 0.3 is 0 Å². The summed E-state index contributed by atoms with van der Waals surface area (Å²) in [5, 5.41) is 6.81. The molecule has 9 heteroatoms. The number of carbonyl (C=O) groups excluding carboxylic acids is 2. The molecule has 1 atom stereocenters. The predicted molar refractivity (Wildman–Crippen MR) is 136 cm³/mol. The van der Waals surface area contributed by atoms with Crippen molar-refractivity contribution in [1.29, 1.82) is 0 Å². The number of ether oxygens (including phenoxy) is 3. The fourth-order valence-electron chi connectivity index (χ4n) is 3.32. The summed E-state index contributed by atoms with van der Waals surface area (Å²) in [6.45, 7) is 7.61. The number of benzene rings is 2. The van der Waals surface area contributed by atoms with Crippen LogP contribution < -0.4 is 25.0 Å². The SMILES string of the molecule is COc1cc(Br)c(/C=N\NC(=O)[C@@H](CC(C)C)NC(=O)COc2c(C)cccc2C)cc1OC. The highest BCUT2D eigenvalue weighted by molar-refractivity contribution is 9.10. The zero-order valence-corrected chi connectivity index (χ0v) is 22.0. The second kappa shape index (κ2) is 13.0. The van der Waals surface area contributed by atoms with E-state index < -0.39 is 11.9 Å². The molecule has 184 valence electrons. The molecule has 2 rings (SSSR count). The second-order valence-corrected chi connectivity index (χ2v) is 9.08. The summed E-state index contributed by atoms with van der Waals surface area (Å²) in [5.41, 5.74) is 5.08. The van der Waals surface area contributed by atoms with Crippen LogP contribution in [0.1, 0.15) is 37.0 Å². The zero-order chi connectivity index (χ0) is 25.3. The van der Waals surface area contributed by atoms with Crippen LogP contribution in [0.3, 0.4) is 0 Å². The molecule has 0 saturated carbocycles. The van der Waals surface area contributed by atoms with Gasteiger partial charge in [0.2, 0.25) is 0 Å². The van der Waals surface area contributed by atoms with Crippen LogP contribution in [0.25, 0.3) is 0 Å². The number of amides is 2. The first-order chi connectivity index (χ1) is 16.2. The third-order valence-corrected chi connectivity index (χ3v) is 5.68. The van der Waals surface area contributed by atoms with E-state index in [9.17, 15) is 9.59 Å². The minimum absolute atomic E-state index is 0.180. The number of hydrogen-bond donors (Lipinski definition) is 2. The predicted octanol–water partition coefficient (Wildman–Crippen LogP) is 4.14. The number of halogens is 1. The Morgan fingerprint density at radius 3 is 2.29 bits per heavy atom. The molecule has 8 nitrogen and oxygen atoms in total. The smallest absolute Gasteiger partial charge is 0.262 e. The lowest BCUT2D eigenvalue weighted by Gasteiger charge is -2.19. The quantitative estimate of drug-likeness (QED) is 0.334. The fraction of sp³-hybridized carbons (Fsp3) is 0.400. The summed E-state index contributed by atoms with van der Waals surface area (Å²) in [7, 11) is 3.09. The van der Waals surface area contributed by atoms with Crippen LogP contribution in [0.5, 0.6) is 17.2 Å². The maximum atomic E-state index is 12.8. The van der Waals surface area contributed by atoms with Crippen LogP contribution in [0.2, 0.25) is 0 Å². The Hall–Kier alpha value is -3.07. The van der Waals surface area contributed by atoms with Gasteiger partial charge in [0.1, 0.15) is 11.8 Å². The number of aryl methyl sites for hydroxylation is 2. The summed E-state index contributed by atoms with van der Waals surface area (Å²) in [6, 6.07) is 8.51. The largest absolute Gasteiger partial charge is 0.493 e.